The number of fused-ring (bicyclic) bond motifs is 8. The van der Waals surface area contributed by atoms with Crippen LogP contribution in [0.1, 0.15) is 70.2 Å². The molecule has 7 aromatic carbocycles. The van der Waals surface area contributed by atoms with E-state index in [0.29, 0.717) is 0 Å². The Labute approximate surface area is 336 Å². The van der Waals surface area contributed by atoms with Crippen LogP contribution in [0.15, 0.2) is 127 Å². The Morgan fingerprint density at radius 1 is 0.333 bits per heavy atom. The van der Waals surface area contributed by atoms with E-state index in [1.807, 2.05) is 0 Å². The lowest BCUT2D eigenvalue weighted by Gasteiger charge is -2.45. The predicted molar refractivity (Wildman–Crippen MR) is 239 cm³/mol. The Hall–Kier alpha value is -5.80. The first-order chi connectivity index (χ1) is 28.3. The Kier molecular flexibility index (Phi) is 7.00. The lowest BCUT2D eigenvalue weighted by Crippen LogP contribution is -2.61. The molecule has 0 saturated carbocycles. The molecule has 0 atom stereocenters. The molecule has 0 saturated heterocycles. The van der Waals surface area contributed by atoms with Crippen LogP contribution in [-0.2, 0) is 51.4 Å². The number of rotatable bonds is 4. The van der Waals surface area contributed by atoms with Crippen molar-refractivity contribution in [1.29, 1.82) is 0 Å². The molecule has 2 nitrogen and oxygen atoms in total. The van der Waals surface area contributed by atoms with Crippen LogP contribution < -0.4 is 26.2 Å². The predicted octanol–water partition coefficient (Wildman–Crippen LogP) is 11.1. The van der Waals surface area contributed by atoms with Crippen LogP contribution >= 0.6 is 0 Å². The van der Waals surface area contributed by atoms with Crippen molar-refractivity contribution in [2.24, 2.45) is 0 Å². The van der Waals surface area contributed by atoms with E-state index < -0.39 is 0 Å². The zero-order valence-electron chi connectivity index (χ0n) is 32.6. The summed E-state index contributed by atoms with van der Waals surface area (Å²) in [6, 6.07) is 49.5. The molecule has 4 aliphatic carbocycles. The summed E-state index contributed by atoms with van der Waals surface area (Å²) in [6.07, 6.45) is 14.5. The lowest BCUT2D eigenvalue weighted by molar-refractivity contribution is 0.896. The third-order valence-electron chi connectivity index (χ3n) is 14.5. The third-order valence-corrected chi connectivity index (χ3v) is 14.5. The van der Waals surface area contributed by atoms with E-state index in [1.165, 1.54) is 150 Å². The average molecular weight is 733 g/mol. The largest absolute Gasteiger partial charge is 0.311 e. The summed E-state index contributed by atoms with van der Waals surface area (Å²) >= 11 is 0. The molecule has 0 fully saturated rings. The van der Waals surface area contributed by atoms with E-state index in [2.05, 4.69) is 137 Å². The number of hydrogen-bond acceptors (Lipinski definition) is 2. The third kappa shape index (κ3) is 4.66. The molecule has 2 aliphatic heterocycles. The van der Waals surface area contributed by atoms with Crippen molar-refractivity contribution in [2.75, 3.05) is 9.80 Å². The van der Waals surface area contributed by atoms with Crippen molar-refractivity contribution >= 4 is 57.2 Å². The fourth-order valence-corrected chi connectivity index (χ4v) is 12.2. The van der Waals surface area contributed by atoms with Crippen LogP contribution in [0.5, 0.6) is 0 Å². The lowest BCUT2D eigenvalue weighted by atomic mass is 9.33. The standard InChI is InChI=1S/C54H45BN2/c1-3-12-34(13-4-1)36-26-28-48-46(32-36)55-47-33-37(35-14-5-2-6-15-35)27-29-49(47)57(54-44-22-9-18-40(44)31-41-19-10-23-45(41)54)51-25-11-24-50(52(51)55)56(48)53-42-20-7-16-38(42)30-39-17-8-21-43(39)53/h1-6,11-15,24-33H,7-10,16-23H2. The molecule has 3 heteroatoms. The molecule has 13 rings (SSSR count). The van der Waals surface area contributed by atoms with Gasteiger partial charge < -0.3 is 9.80 Å². The molecule has 274 valence electrons. The van der Waals surface area contributed by atoms with Crippen LogP contribution in [0, 0.1) is 0 Å². The molecule has 6 aliphatic rings. The van der Waals surface area contributed by atoms with E-state index in [4.69, 9.17) is 0 Å². The number of aryl methyl sites for hydroxylation is 4. The van der Waals surface area contributed by atoms with E-state index in [-0.39, 0.29) is 6.71 Å². The van der Waals surface area contributed by atoms with Gasteiger partial charge in [-0.05, 0) is 184 Å². The van der Waals surface area contributed by atoms with Crippen LogP contribution in [0.2, 0.25) is 0 Å². The van der Waals surface area contributed by atoms with Crippen molar-refractivity contribution in [3.63, 3.8) is 0 Å². The number of hydrogen-bond donors (Lipinski definition) is 0. The van der Waals surface area contributed by atoms with E-state index in [1.54, 1.807) is 44.5 Å². The minimum Gasteiger partial charge on any atom is -0.311 e. The molecule has 7 aromatic rings. The van der Waals surface area contributed by atoms with Crippen molar-refractivity contribution in [3.8, 4) is 22.3 Å². The van der Waals surface area contributed by atoms with E-state index in [9.17, 15) is 0 Å². The highest BCUT2D eigenvalue weighted by Crippen LogP contribution is 2.52. The Morgan fingerprint density at radius 3 is 1.14 bits per heavy atom. The quantitative estimate of drug-likeness (QED) is 0.166. The Bertz CT molecular complexity index is 2570. The second kappa shape index (κ2) is 12.4. The van der Waals surface area contributed by atoms with E-state index >= 15 is 0 Å². The smallest absolute Gasteiger partial charge is 0.252 e. The number of anilines is 6. The van der Waals surface area contributed by atoms with Crippen LogP contribution in [-0.4, -0.2) is 6.71 Å². The maximum absolute atomic E-state index is 2.78. The molecule has 0 radical (unpaired) electrons. The topological polar surface area (TPSA) is 6.48 Å². The zero-order valence-corrected chi connectivity index (χ0v) is 32.6. The first-order valence-electron chi connectivity index (χ1n) is 21.7. The second-order valence-electron chi connectivity index (χ2n) is 17.5. The van der Waals surface area contributed by atoms with Gasteiger partial charge in [0.25, 0.3) is 6.71 Å². The van der Waals surface area contributed by atoms with Crippen molar-refractivity contribution in [3.05, 3.63) is 172 Å². The van der Waals surface area contributed by atoms with Gasteiger partial charge >= 0.3 is 0 Å². The van der Waals surface area contributed by atoms with E-state index in [0.717, 1.165) is 0 Å². The Morgan fingerprint density at radius 2 is 0.737 bits per heavy atom. The maximum Gasteiger partial charge on any atom is 0.252 e. The molecule has 0 amide bonds. The Balaban J connectivity index is 1.15. The van der Waals surface area contributed by atoms with Crippen LogP contribution in [0.3, 0.4) is 0 Å². The van der Waals surface area contributed by atoms with Crippen molar-refractivity contribution < 1.29 is 0 Å². The summed E-state index contributed by atoms with van der Waals surface area (Å²) in [7, 11) is 0. The minimum absolute atomic E-state index is 0.0932. The van der Waals surface area contributed by atoms with Crippen LogP contribution in [0.25, 0.3) is 22.3 Å². The van der Waals surface area contributed by atoms with Gasteiger partial charge in [0.15, 0.2) is 0 Å². The zero-order chi connectivity index (χ0) is 37.2. The van der Waals surface area contributed by atoms with Gasteiger partial charge in [0.2, 0.25) is 0 Å². The highest BCUT2D eigenvalue weighted by Gasteiger charge is 2.46. The highest BCUT2D eigenvalue weighted by atomic mass is 15.2. The monoisotopic (exact) mass is 732 g/mol. The fourth-order valence-electron chi connectivity index (χ4n) is 12.2. The number of benzene rings is 7. The molecule has 0 N–H and O–H groups in total. The summed E-state index contributed by atoms with van der Waals surface area (Å²) < 4.78 is 0. The highest BCUT2D eigenvalue weighted by molar-refractivity contribution is 7.00. The maximum atomic E-state index is 2.78. The van der Waals surface area contributed by atoms with Gasteiger partial charge in [0.05, 0.1) is 11.4 Å². The molecule has 0 bridgehead atoms. The molecule has 0 spiro atoms. The SMILES string of the molecule is c1ccc(-c2ccc3c(c2)B2c4cc(-c5ccccc5)ccc4N(c4c5c(cc6c4CCC6)CCC5)c4cccc(c42)N3c2c3c(cc4c2CCC4)CCC3)cc1. The van der Waals surface area contributed by atoms with Gasteiger partial charge in [-0.15, -0.1) is 0 Å². The van der Waals surface area contributed by atoms with Crippen molar-refractivity contribution in [1.82, 2.24) is 0 Å². The van der Waals surface area contributed by atoms with Gasteiger partial charge in [-0.1, -0.05) is 103 Å². The molecule has 2 heterocycles. The summed E-state index contributed by atoms with van der Waals surface area (Å²) in [6.45, 7) is 0.0932. The summed E-state index contributed by atoms with van der Waals surface area (Å²) in [5.41, 5.74) is 30.7. The van der Waals surface area contributed by atoms with Crippen molar-refractivity contribution in [2.45, 2.75) is 77.0 Å². The average Bonchev–Trinajstić information content (AvgIpc) is 4.11. The summed E-state index contributed by atoms with van der Waals surface area (Å²) in [4.78, 5) is 5.55. The normalized spacial score (nSPS) is 16.5. The van der Waals surface area contributed by atoms with Crippen LogP contribution in [0.4, 0.5) is 34.1 Å². The first-order valence-corrected chi connectivity index (χ1v) is 21.7. The van der Waals surface area contributed by atoms with Gasteiger partial charge in [0, 0.05) is 22.7 Å². The summed E-state index contributed by atoms with van der Waals surface area (Å²) in [5, 5.41) is 0. The molecule has 0 aromatic heterocycles. The number of nitrogens with zero attached hydrogens (tertiary/aromatic N) is 2. The van der Waals surface area contributed by atoms with Gasteiger partial charge in [-0.25, -0.2) is 0 Å². The molecular weight excluding hydrogens is 687 g/mol. The van der Waals surface area contributed by atoms with Gasteiger partial charge in [0.1, 0.15) is 0 Å². The molecule has 0 unspecified atom stereocenters. The fraction of sp³-hybridized carbons (Fsp3) is 0.222. The first kappa shape index (κ1) is 32.3. The van der Waals surface area contributed by atoms with Gasteiger partial charge in [-0.3, -0.25) is 0 Å². The minimum atomic E-state index is 0.0932. The molecule has 57 heavy (non-hydrogen) atoms. The summed E-state index contributed by atoms with van der Waals surface area (Å²) in [5.74, 6) is 0. The second-order valence-corrected chi connectivity index (χ2v) is 17.5. The van der Waals surface area contributed by atoms with Gasteiger partial charge in [-0.2, -0.15) is 0 Å². The molecular formula is C54H45BN2.